The van der Waals surface area contributed by atoms with Gasteiger partial charge in [-0.15, -0.1) is 0 Å². The Morgan fingerprint density at radius 3 is 2.73 bits per heavy atom. The Kier molecular flexibility index (Phi) is 5.24. The number of benzene rings is 1. The molecule has 0 saturated carbocycles. The van der Waals surface area contributed by atoms with Crippen LogP contribution in [0.1, 0.15) is 12.8 Å². The van der Waals surface area contributed by atoms with Crippen LogP contribution in [0, 0.1) is 0 Å². The van der Waals surface area contributed by atoms with Gasteiger partial charge in [-0.2, -0.15) is 4.99 Å². The molecule has 2 atom stereocenters. The maximum absolute atomic E-state index is 12.0. The van der Waals surface area contributed by atoms with E-state index in [4.69, 9.17) is 9.84 Å². The number of carbonyl (C=O) groups is 2. The largest absolute Gasteiger partial charge is 0.495 e. The van der Waals surface area contributed by atoms with Crippen molar-refractivity contribution < 1.29 is 27.9 Å². The van der Waals surface area contributed by atoms with Gasteiger partial charge in [-0.25, -0.2) is 8.42 Å². The third-order valence-corrected chi connectivity index (χ3v) is 7.39. The van der Waals surface area contributed by atoms with Crippen molar-refractivity contribution in [3.8, 4) is 5.75 Å². The number of amidine groups is 1. The fourth-order valence-corrected chi connectivity index (χ4v) is 6.98. The fourth-order valence-electron chi connectivity index (χ4n) is 3.05. The van der Waals surface area contributed by atoms with Crippen LogP contribution >= 0.6 is 11.8 Å². The van der Waals surface area contributed by atoms with E-state index in [1.165, 1.54) is 18.9 Å². The van der Waals surface area contributed by atoms with E-state index < -0.39 is 21.7 Å². The van der Waals surface area contributed by atoms with E-state index in [0.29, 0.717) is 16.6 Å². The molecule has 0 bridgehead atoms. The van der Waals surface area contributed by atoms with Crippen LogP contribution in [0.5, 0.6) is 5.75 Å². The van der Waals surface area contributed by atoms with Crippen molar-refractivity contribution in [3.63, 3.8) is 0 Å². The zero-order valence-electron chi connectivity index (χ0n) is 14.0. The zero-order chi connectivity index (χ0) is 18.9. The number of methoxy groups -OCH3 is 1. The number of sulfone groups is 1. The van der Waals surface area contributed by atoms with E-state index in [0.717, 1.165) is 0 Å². The highest BCUT2D eigenvalue weighted by Crippen LogP contribution is 2.43. The van der Waals surface area contributed by atoms with Crippen molar-refractivity contribution in [3.05, 3.63) is 24.3 Å². The molecule has 8 nitrogen and oxygen atoms in total. The highest BCUT2D eigenvalue weighted by molar-refractivity contribution is 8.16. The number of rotatable bonds is 5. The molecule has 140 valence electrons. The molecule has 1 aromatic rings. The summed E-state index contributed by atoms with van der Waals surface area (Å²) < 4.78 is 29.4. The van der Waals surface area contributed by atoms with Crippen LogP contribution < -0.4 is 9.64 Å². The maximum Gasteiger partial charge on any atom is 0.303 e. The summed E-state index contributed by atoms with van der Waals surface area (Å²) >= 11 is 1.24. The molecule has 3 rings (SSSR count). The van der Waals surface area contributed by atoms with Crippen molar-refractivity contribution in [2.45, 2.75) is 24.1 Å². The molecular weight excluding hydrogens is 380 g/mol. The SMILES string of the molecule is COc1ccccc1N1C(=NC(=O)CCC(=O)O)S[C@H]2CS(=O)(=O)C[C@H]21. The van der Waals surface area contributed by atoms with E-state index in [9.17, 15) is 18.0 Å². The highest BCUT2D eigenvalue weighted by Gasteiger charge is 2.49. The Bertz CT molecular complexity index is 867. The van der Waals surface area contributed by atoms with Gasteiger partial charge in [0, 0.05) is 11.7 Å². The number of thioether (sulfide) groups is 1. The monoisotopic (exact) mass is 398 g/mol. The fraction of sp³-hybridized carbons (Fsp3) is 0.438. The molecule has 2 saturated heterocycles. The molecule has 26 heavy (non-hydrogen) atoms. The Morgan fingerprint density at radius 1 is 1.31 bits per heavy atom. The number of carboxylic acids is 1. The molecule has 0 aliphatic carbocycles. The molecule has 0 unspecified atom stereocenters. The van der Waals surface area contributed by atoms with Crippen LogP contribution in [0.2, 0.25) is 0 Å². The van der Waals surface area contributed by atoms with E-state index in [2.05, 4.69) is 4.99 Å². The average molecular weight is 398 g/mol. The Labute approximate surface area is 155 Å². The second kappa shape index (κ2) is 7.28. The van der Waals surface area contributed by atoms with Crippen molar-refractivity contribution in [2.24, 2.45) is 4.99 Å². The van der Waals surface area contributed by atoms with Gasteiger partial charge < -0.3 is 14.7 Å². The Hall–Kier alpha value is -2.07. The van der Waals surface area contributed by atoms with Crippen LogP contribution in [0.25, 0.3) is 0 Å². The highest BCUT2D eigenvalue weighted by atomic mass is 32.2. The first-order valence-corrected chi connectivity index (χ1v) is 10.6. The molecule has 10 heteroatoms. The topological polar surface area (TPSA) is 113 Å². The summed E-state index contributed by atoms with van der Waals surface area (Å²) in [4.78, 5) is 28.5. The van der Waals surface area contributed by atoms with Gasteiger partial charge in [0.25, 0.3) is 0 Å². The second-order valence-electron chi connectivity index (χ2n) is 6.02. The summed E-state index contributed by atoms with van der Waals surface area (Å²) in [7, 11) is -1.65. The molecule has 0 spiro atoms. The molecule has 1 amide bonds. The van der Waals surface area contributed by atoms with Crippen LogP contribution in [0.15, 0.2) is 29.3 Å². The van der Waals surface area contributed by atoms with Gasteiger partial charge in [0.1, 0.15) is 5.75 Å². The molecule has 0 aromatic heterocycles. The number of ether oxygens (including phenoxy) is 1. The number of carbonyl (C=O) groups excluding carboxylic acids is 1. The lowest BCUT2D eigenvalue weighted by molar-refractivity contribution is -0.138. The predicted octanol–water partition coefficient (Wildman–Crippen LogP) is 1.16. The van der Waals surface area contributed by atoms with E-state index in [1.54, 1.807) is 29.2 Å². The average Bonchev–Trinajstić information content (AvgIpc) is 3.03. The van der Waals surface area contributed by atoms with Crippen molar-refractivity contribution in [1.82, 2.24) is 0 Å². The van der Waals surface area contributed by atoms with Gasteiger partial charge in [-0.3, -0.25) is 9.59 Å². The number of anilines is 1. The molecule has 1 aromatic carbocycles. The van der Waals surface area contributed by atoms with Crippen molar-refractivity contribution in [2.75, 3.05) is 23.5 Å². The van der Waals surface area contributed by atoms with Gasteiger partial charge in [0.15, 0.2) is 15.0 Å². The van der Waals surface area contributed by atoms with E-state index in [1.807, 2.05) is 0 Å². The molecule has 2 fully saturated rings. The van der Waals surface area contributed by atoms with Gasteiger partial charge >= 0.3 is 5.97 Å². The standard InChI is InChI=1S/C16H18N2O6S2/c1-24-12-5-3-2-4-10(12)18-11-8-26(22,23)9-13(11)25-16(18)17-14(19)6-7-15(20)21/h2-5,11,13H,6-9H2,1H3,(H,20,21)/t11-,13+/m1/s1. The zero-order valence-corrected chi connectivity index (χ0v) is 15.6. The first-order chi connectivity index (χ1) is 12.3. The summed E-state index contributed by atoms with van der Waals surface area (Å²) in [5, 5.41) is 8.87. The maximum atomic E-state index is 12.0. The molecule has 2 aliphatic heterocycles. The lowest BCUT2D eigenvalue weighted by atomic mass is 10.2. The number of nitrogens with zero attached hydrogens (tertiary/aromatic N) is 2. The molecule has 2 aliphatic rings. The number of para-hydroxylation sites is 2. The van der Waals surface area contributed by atoms with Crippen molar-refractivity contribution >= 4 is 44.3 Å². The number of amides is 1. The van der Waals surface area contributed by atoms with Crippen LogP contribution in [-0.2, 0) is 19.4 Å². The third kappa shape index (κ3) is 3.85. The number of fused-ring (bicyclic) bond motifs is 1. The first kappa shape index (κ1) is 18.7. The summed E-state index contributed by atoms with van der Waals surface area (Å²) in [6.07, 6.45) is -0.497. The van der Waals surface area contributed by atoms with Crippen molar-refractivity contribution in [1.29, 1.82) is 0 Å². The van der Waals surface area contributed by atoms with Gasteiger partial charge in [0.2, 0.25) is 5.91 Å². The molecule has 1 N–H and O–H groups in total. The van der Waals surface area contributed by atoms with E-state index >= 15 is 0 Å². The van der Waals surface area contributed by atoms with Gasteiger partial charge in [0.05, 0.1) is 36.8 Å². The Balaban J connectivity index is 1.96. The van der Waals surface area contributed by atoms with E-state index in [-0.39, 0.29) is 35.6 Å². The number of carboxylic acid groups (broad SMARTS) is 1. The molecular formula is C16H18N2O6S2. The molecule has 2 heterocycles. The number of hydrogen-bond donors (Lipinski definition) is 1. The van der Waals surface area contributed by atoms with Gasteiger partial charge in [-0.05, 0) is 12.1 Å². The lowest BCUT2D eigenvalue weighted by Crippen LogP contribution is -2.38. The summed E-state index contributed by atoms with van der Waals surface area (Å²) in [5.41, 5.74) is 0.636. The third-order valence-electron chi connectivity index (χ3n) is 4.18. The summed E-state index contributed by atoms with van der Waals surface area (Å²) in [6, 6.07) is 6.78. The summed E-state index contributed by atoms with van der Waals surface area (Å²) in [5.74, 6) is -1.06. The number of aliphatic carboxylic acids is 1. The number of hydrogen-bond acceptors (Lipinski definition) is 6. The van der Waals surface area contributed by atoms with Crippen LogP contribution in [0.3, 0.4) is 0 Å². The number of aliphatic imine (C=N–C) groups is 1. The predicted molar refractivity (Wildman–Crippen MR) is 98.6 cm³/mol. The minimum absolute atomic E-state index is 0.0228. The van der Waals surface area contributed by atoms with Crippen LogP contribution in [0.4, 0.5) is 5.69 Å². The van der Waals surface area contributed by atoms with Gasteiger partial charge in [-0.1, -0.05) is 23.9 Å². The molecule has 0 radical (unpaired) electrons. The smallest absolute Gasteiger partial charge is 0.303 e. The Morgan fingerprint density at radius 2 is 2.04 bits per heavy atom. The summed E-state index contributed by atoms with van der Waals surface area (Å²) in [6.45, 7) is 0. The quantitative estimate of drug-likeness (QED) is 0.786. The second-order valence-corrected chi connectivity index (χ2v) is 9.38. The first-order valence-electron chi connectivity index (χ1n) is 7.93. The minimum atomic E-state index is -3.16. The minimum Gasteiger partial charge on any atom is -0.495 e. The lowest BCUT2D eigenvalue weighted by Gasteiger charge is -2.26. The normalized spacial score (nSPS) is 25.3. The van der Waals surface area contributed by atoms with Crippen LogP contribution in [-0.4, -0.2) is 60.5 Å².